The van der Waals surface area contributed by atoms with E-state index in [0.29, 0.717) is 11.7 Å². The van der Waals surface area contributed by atoms with Gasteiger partial charge in [-0.15, -0.1) is 0 Å². The Morgan fingerprint density at radius 1 is 1.12 bits per heavy atom. The minimum absolute atomic E-state index is 0.603. The molecule has 2 aromatic carbocycles. The summed E-state index contributed by atoms with van der Waals surface area (Å²) in [6.45, 7) is 5.45. The average molecular weight is 344 g/mol. The Morgan fingerprint density at radius 3 is 2.54 bits per heavy atom. The zero-order valence-corrected chi connectivity index (χ0v) is 15.2. The molecular formula is C19H24N2O2S. The molecule has 0 aliphatic carbocycles. The van der Waals surface area contributed by atoms with Gasteiger partial charge in [-0.3, -0.25) is 0 Å². The largest absolute Gasteiger partial charge is 0.496 e. The van der Waals surface area contributed by atoms with E-state index in [9.17, 15) is 0 Å². The van der Waals surface area contributed by atoms with Crippen molar-refractivity contribution in [3.63, 3.8) is 0 Å². The summed E-state index contributed by atoms with van der Waals surface area (Å²) in [5.41, 5.74) is 3.33. The zero-order valence-electron chi connectivity index (χ0n) is 14.4. The summed E-state index contributed by atoms with van der Waals surface area (Å²) in [6, 6.07) is 13.9. The van der Waals surface area contributed by atoms with Gasteiger partial charge in [0.15, 0.2) is 5.11 Å². The monoisotopic (exact) mass is 344 g/mol. The first-order valence-corrected chi connectivity index (χ1v) is 8.44. The Morgan fingerprint density at radius 2 is 1.88 bits per heavy atom. The highest BCUT2D eigenvalue weighted by Crippen LogP contribution is 2.20. The highest BCUT2D eigenvalue weighted by Gasteiger charge is 2.04. The molecule has 24 heavy (non-hydrogen) atoms. The van der Waals surface area contributed by atoms with E-state index in [2.05, 4.69) is 23.6 Å². The van der Waals surface area contributed by atoms with Gasteiger partial charge in [-0.05, 0) is 68.4 Å². The van der Waals surface area contributed by atoms with Gasteiger partial charge >= 0.3 is 0 Å². The van der Waals surface area contributed by atoms with Crippen LogP contribution < -0.4 is 20.1 Å². The van der Waals surface area contributed by atoms with Crippen LogP contribution in [0.3, 0.4) is 0 Å². The fourth-order valence-electron chi connectivity index (χ4n) is 2.39. The second-order valence-corrected chi connectivity index (χ2v) is 5.81. The van der Waals surface area contributed by atoms with Gasteiger partial charge in [-0.25, -0.2) is 0 Å². The highest BCUT2D eigenvalue weighted by atomic mass is 32.1. The van der Waals surface area contributed by atoms with Crippen molar-refractivity contribution in [3.8, 4) is 11.5 Å². The van der Waals surface area contributed by atoms with Crippen molar-refractivity contribution in [3.05, 3.63) is 53.6 Å². The molecule has 0 aromatic heterocycles. The first-order chi connectivity index (χ1) is 11.6. The van der Waals surface area contributed by atoms with Crippen LogP contribution in [0.15, 0.2) is 42.5 Å². The first kappa shape index (κ1) is 18.1. The SMILES string of the molecule is CCOc1ccc(NC(=S)NCCc2cc(C)ccc2OC)cc1. The molecule has 0 atom stereocenters. The van der Waals surface area contributed by atoms with E-state index in [-0.39, 0.29) is 0 Å². The molecule has 0 fully saturated rings. The predicted octanol–water partition coefficient (Wildman–Crippen LogP) is 3.93. The summed E-state index contributed by atoms with van der Waals surface area (Å²) >= 11 is 5.34. The molecular weight excluding hydrogens is 320 g/mol. The third-order valence-electron chi connectivity index (χ3n) is 3.54. The lowest BCUT2D eigenvalue weighted by Crippen LogP contribution is -2.30. The highest BCUT2D eigenvalue weighted by molar-refractivity contribution is 7.80. The standard InChI is InChI=1S/C19H24N2O2S/c1-4-23-17-8-6-16(7-9-17)21-19(24)20-12-11-15-13-14(2)5-10-18(15)22-3/h5-10,13H,4,11-12H2,1-3H3,(H2,20,21,24). The zero-order chi connectivity index (χ0) is 17.4. The summed E-state index contributed by atoms with van der Waals surface area (Å²) in [5, 5.41) is 7.00. The van der Waals surface area contributed by atoms with Crippen LogP contribution in [0.2, 0.25) is 0 Å². The van der Waals surface area contributed by atoms with E-state index in [4.69, 9.17) is 21.7 Å². The van der Waals surface area contributed by atoms with E-state index >= 15 is 0 Å². The molecule has 2 N–H and O–H groups in total. The molecule has 2 rings (SSSR count). The summed E-state index contributed by atoms with van der Waals surface area (Å²) in [4.78, 5) is 0. The molecule has 0 heterocycles. The number of hydrogen-bond acceptors (Lipinski definition) is 3. The van der Waals surface area contributed by atoms with Gasteiger partial charge < -0.3 is 20.1 Å². The normalized spacial score (nSPS) is 10.1. The maximum Gasteiger partial charge on any atom is 0.170 e. The van der Waals surface area contributed by atoms with Crippen molar-refractivity contribution < 1.29 is 9.47 Å². The molecule has 128 valence electrons. The minimum Gasteiger partial charge on any atom is -0.496 e. The Balaban J connectivity index is 1.82. The van der Waals surface area contributed by atoms with Crippen molar-refractivity contribution in [1.29, 1.82) is 0 Å². The lowest BCUT2D eigenvalue weighted by molar-refractivity contribution is 0.340. The summed E-state index contributed by atoms with van der Waals surface area (Å²) in [6.07, 6.45) is 0.843. The lowest BCUT2D eigenvalue weighted by Gasteiger charge is -2.13. The van der Waals surface area contributed by atoms with E-state index < -0.39 is 0 Å². The number of benzene rings is 2. The molecule has 0 bridgehead atoms. The molecule has 0 saturated heterocycles. The van der Waals surface area contributed by atoms with Crippen LogP contribution in [0.1, 0.15) is 18.1 Å². The van der Waals surface area contributed by atoms with Gasteiger partial charge in [0.2, 0.25) is 0 Å². The molecule has 0 saturated carbocycles. The van der Waals surface area contributed by atoms with Crippen LogP contribution >= 0.6 is 12.2 Å². The number of ether oxygens (including phenoxy) is 2. The molecule has 0 unspecified atom stereocenters. The van der Waals surface area contributed by atoms with Crippen LogP contribution in [0.25, 0.3) is 0 Å². The number of anilines is 1. The van der Waals surface area contributed by atoms with E-state index in [1.807, 2.05) is 43.3 Å². The first-order valence-electron chi connectivity index (χ1n) is 8.03. The number of aryl methyl sites for hydroxylation is 1. The number of nitrogens with one attached hydrogen (secondary N) is 2. The van der Waals surface area contributed by atoms with Crippen LogP contribution in [0, 0.1) is 6.92 Å². The van der Waals surface area contributed by atoms with Crippen LogP contribution in [0.4, 0.5) is 5.69 Å². The molecule has 5 heteroatoms. The maximum atomic E-state index is 5.42. The molecule has 0 aliphatic heterocycles. The van der Waals surface area contributed by atoms with Crippen molar-refractivity contribution in [1.82, 2.24) is 5.32 Å². The van der Waals surface area contributed by atoms with Gasteiger partial charge in [-0.1, -0.05) is 17.7 Å². The molecule has 0 amide bonds. The molecule has 0 spiro atoms. The fraction of sp³-hybridized carbons (Fsp3) is 0.316. The smallest absolute Gasteiger partial charge is 0.170 e. The minimum atomic E-state index is 0.603. The Hall–Kier alpha value is -2.27. The summed E-state index contributed by atoms with van der Waals surface area (Å²) < 4.78 is 10.8. The summed E-state index contributed by atoms with van der Waals surface area (Å²) in [7, 11) is 1.69. The van der Waals surface area contributed by atoms with E-state index in [0.717, 1.165) is 30.2 Å². The number of methoxy groups -OCH3 is 1. The fourth-order valence-corrected chi connectivity index (χ4v) is 2.61. The van der Waals surface area contributed by atoms with Gasteiger partial charge in [0.05, 0.1) is 13.7 Å². The number of rotatable bonds is 7. The van der Waals surface area contributed by atoms with Crippen LogP contribution in [0.5, 0.6) is 11.5 Å². The molecule has 0 radical (unpaired) electrons. The van der Waals surface area contributed by atoms with E-state index in [1.165, 1.54) is 11.1 Å². The lowest BCUT2D eigenvalue weighted by atomic mass is 10.1. The number of hydrogen-bond donors (Lipinski definition) is 2. The van der Waals surface area contributed by atoms with Crippen molar-refractivity contribution in [2.45, 2.75) is 20.3 Å². The molecule has 2 aromatic rings. The second-order valence-electron chi connectivity index (χ2n) is 5.40. The van der Waals surface area contributed by atoms with Crippen molar-refractivity contribution >= 4 is 23.0 Å². The van der Waals surface area contributed by atoms with Crippen LogP contribution in [-0.2, 0) is 6.42 Å². The Labute approximate surface area is 149 Å². The average Bonchev–Trinajstić information content (AvgIpc) is 2.57. The topological polar surface area (TPSA) is 42.5 Å². The van der Waals surface area contributed by atoms with Crippen LogP contribution in [-0.4, -0.2) is 25.4 Å². The third-order valence-corrected chi connectivity index (χ3v) is 3.79. The van der Waals surface area contributed by atoms with Gasteiger partial charge in [-0.2, -0.15) is 0 Å². The van der Waals surface area contributed by atoms with Gasteiger partial charge in [0.1, 0.15) is 11.5 Å². The second kappa shape index (κ2) is 9.13. The third kappa shape index (κ3) is 5.42. The van der Waals surface area contributed by atoms with E-state index in [1.54, 1.807) is 7.11 Å². The quantitative estimate of drug-likeness (QED) is 0.745. The maximum absolute atomic E-state index is 5.42. The predicted molar refractivity (Wildman–Crippen MR) is 103 cm³/mol. The van der Waals surface area contributed by atoms with Crippen molar-refractivity contribution in [2.75, 3.05) is 25.6 Å². The Kier molecular flexibility index (Phi) is 6.88. The van der Waals surface area contributed by atoms with Crippen molar-refractivity contribution in [2.24, 2.45) is 0 Å². The Bertz CT molecular complexity index is 672. The molecule has 0 aliphatic rings. The summed E-state index contributed by atoms with van der Waals surface area (Å²) in [5.74, 6) is 1.77. The molecule has 4 nitrogen and oxygen atoms in total. The van der Waals surface area contributed by atoms with Gasteiger partial charge in [0.25, 0.3) is 0 Å². The number of thiocarbonyl (C=S) groups is 1. The van der Waals surface area contributed by atoms with Gasteiger partial charge in [0, 0.05) is 12.2 Å².